The van der Waals surface area contributed by atoms with Gasteiger partial charge in [-0.15, -0.1) is 0 Å². The Bertz CT molecular complexity index is 1720. The molecule has 0 unspecified atom stereocenters. The number of halogens is 2. The lowest BCUT2D eigenvalue weighted by Crippen LogP contribution is -2.43. The van der Waals surface area contributed by atoms with Crippen molar-refractivity contribution < 1.29 is 18.7 Å². The summed E-state index contributed by atoms with van der Waals surface area (Å²) >= 11 is 5.89. The molecular weight excluding hydrogens is 531 g/mol. The smallest absolute Gasteiger partial charge is 0.351 e. The van der Waals surface area contributed by atoms with E-state index in [4.69, 9.17) is 16.3 Å². The average molecular weight is 551 g/mol. The van der Waals surface area contributed by atoms with Crippen LogP contribution in [0.15, 0.2) is 70.4 Å². The van der Waals surface area contributed by atoms with Crippen molar-refractivity contribution in [2.75, 3.05) is 10.6 Å². The number of ether oxygens (including phenoxy) is 1. The summed E-state index contributed by atoms with van der Waals surface area (Å²) in [6.07, 6.45) is 3.10. The van der Waals surface area contributed by atoms with Crippen LogP contribution in [0.1, 0.15) is 23.3 Å². The summed E-state index contributed by atoms with van der Waals surface area (Å²) in [6, 6.07) is 12.7. The van der Waals surface area contributed by atoms with Gasteiger partial charge in [-0.3, -0.25) is 19.0 Å². The van der Waals surface area contributed by atoms with Crippen LogP contribution in [0.4, 0.5) is 15.9 Å². The van der Waals surface area contributed by atoms with Crippen molar-refractivity contribution in [1.29, 1.82) is 0 Å². The number of pyridine rings is 1. The van der Waals surface area contributed by atoms with Gasteiger partial charge in [-0.2, -0.15) is 9.78 Å². The summed E-state index contributed by atoms with van der Waals surface area (Å²) in [7, 11) is 1.21. The molecule has 198 valence electrons. The van der Waals surface area contributed by atoms with Crippen LogP contribution in [0.5, 0.6) is 11.5 Å². The Labute approximate surface area is 224 Å². The van der Waals surface area contributed by atoms with E-state index in [2.05, 4.69) is 20.7 Å². The number of rotatable bonds is 7. The Balaban J connectivity index is 1.33. The lowest BCUT2D eigenvalue weighted by atomic mass is 10.2. The van der Waals surface area contributed by atoms with Crippen LogP contribution in [0.3, 0.4) is 0 Å². The predicted molar refractivity (Wildman–Crippen MR) is 140 cm³/mol. The Morgan fingerprint density at radius 3 is 2.49 bits per heavy atom. The van der Waals surface area contributed by atoms with Gasteiger partial charge in [-0.25, -0.2) is 14.2 Å². The molecule has 39 heavy (non-hydrogen) atoms. The maximum Gasteiger partial charge on any atom is 0.351 e. The van der Waals surface area contributed by atoms with Gasteiger partial charge in [0.05, 0.1) is 5.69 Å². The predicted octanol–water partition coefficient (Wildman–Crippen LogP) is 3.51. The Hall–Kier alpha value is -4.84. The molecule has 1 aliphatic carbocycles. The average Bonchev–Trinajstić information content (AvgIpc) is 3.76. The van der Waals surface area contributed by atoms with Crippen molar-refractivity contribution in [3.63, 3.8) is 0 Å². The largest absolute Gasteiger partial charge is 0.454 e. The molecule has 2 N–H and O–H groups in total. The first kappa shape index (κ1) is 25.8. The number of amides is 2. The highest BCUT2D eigenvalue weighted by Crippen LogP contribution is 2.31. The number of hydrogen-bond donors (Lipinski definition) is 2. The zero-order valence-electron chi connectivity index (χ0n) is 20.4. The van der Waals surface area contributed by atoms with Gasteiger partial charge in [0.2, 0.25) is 11.6 Å². The zero-order valence-corrected chi connectivity index (χ0v) is 21.1. The lowest BCUT2D eigenvalue weighted by molar-refractivity contribution is -0.117. The molecule has 2 heterocycles. The highest BCUT2D eigenvalue weighted by molar-refractivity contribution is 6.30. The maximum absolute atomic E-state index is 14.8. The second kappa shape index (κ2) is 10.5. The number of benzene rings is 2. The van der Waals surface area contributed by atoms with Crippen LogP contribution >= 0.6 is 11.6 Å². The Morgan fingerprint density at radius 2 is 1.79 bits per heavy atom. The number of carbonyl (C=O) groups is 2. The molecule has 2 aromatic heterocycles. The molecule has 2 aromatic carbocycles. The standard InChI is InChI=1S/C26H20ClFN6O5/c1-33-25(37)22(32-34(26(33)38)17-7-4-15(27)5-8-17)24(36)30-16-6-9-20(19(28)12-16)39-18-10-11-29-21(13-18)31-23(35)14-2-3-14/h4-14H,2-3H2,1H3,(H,30,36)(H,29,31,35). The number of aromatic nitrogens is 4. The summed E-state index contributed by atoms with van der Waals surface area (Å²) in [5.74, 6) is -1.51. The van der Waals surface area contributed by atoms with E-state index < -0.39 is 28.7 Å². The van der Waals surface area contributed by atoms with Crippen LogP contribution in [-0.2, 0) is 11.8 Å². The molecule has 1 saturated carbocycles. The van der Waals surface area contributed by atoms with Crippen molar-refractivity contribution in [2.45, 2.75) is 12.8 Å². The van der Waals surface area contributed by atoms with Crippen LogP contribution in [0, 0.1) is 11.7 Å². The van der Waals surface area contributed by atoms with Gasteiger partial charge < -0.3 is 15.4 Å². The molecule has 5 rings (SSSR count). The molecule has 0 aliphatic heterocycles. The monoisotopic (exact) mass is 550 g/mol. The van der Waals surface area contributed by atoms with Crippen LogP contribution in [-0.4, -0.2) is 31.1 Å². The minimum absolute atomic E-state index is 0.00663. The van der Waals surface area contributed by atoms with Crippen molar-refractivity contribution in [3.05, 3.63) is 98.2 Å². The molecule has 0 saturated heterocycles. The molecule has 1 aliphatic rings. The molecule has 0 spiro atoms. The van der Waals surface area contributed by atoms with Crippen LogP contribution in [0.2, 0.25) is 5.02 Å². The van der Waals surface area contributed by atoms with Gasteiger partial charge in [0.25, 0.3) is 11.5 Å². The highest BCUT2D eigenvalue weighted by Gasteiger charge is 2.29. The molecule has 4 aromatic rings. The van der Waals surface area contributed by atoms with Gasteiger partial charge in [-0.1, -0.05) is 11.6 Å². The summed E-state index contributed by atoms with van der Waals surface area (Å²) in [4.78, 5) is 54.1. The van der Waals surface area contributed by atoms with Crippen molar-refractivity contribution in [3.8, 4) is 17.2 Å². The number of hydrogen-bond acceptors (Lipinski definition) is 7. The van der Waals surface area contributed by atoms with Gasteiger partial charge >= 0.3 is 5.69 Å². The van der Waals surface area contributed by atoms with Crippen LogP contribution < -0.4 is 26.6 Å². The number of nitrogens with one attached hydrogen (secondary N) is 2. The zero-order chi connectivity index (χ0) is 27.7. The molecule has 1 fully saturated rings. The van der Waals surface area contributed by atoms with Gasteiger partial charge in [0.15, 0.2) is 11.6 Å². The van der Waals surface area contributed by atoms with E-state index in [1.54, 1.807) is 0 Å². The van der Waals surface area contributed by atoms with E-state index in [1.807, 2.05) is 0 Å². The minimum atomic E-state index is -0.948. The quantitative estimate of drug-likeness (QED) is 0.359. The molecule has 2 amide bonds. The summed E-state index contributed by atoms with van der Waals surface area (Å²) in [5, 5.41) is 9.45. The summed E-state index contributed by atoms with van der Waals surface area (Å²) in [5.41, 5.74) is -1.97. The number of anilines is 2. The van der Waals surface area contributed by atoms with E-state index >= 15 is 0 Å². The van der Waals surface area contributed by atoms with Crippen molar-refractivity contribution in [2.24, 2.45) is 13.0 Å². The van der Waals surface area contributed by atoms with Gasteiger partial charge in [0.1, 0.15) is 11.6 Å². The highest BCUT2D eigenvalue weighted by atomic mass is 35.5. The summed E-state index contributed by atoms with van der Waals surface area (Å²) in [6.45, 7) is 0. The minimum Gasteiger partial charge on any atom is -0.454 e. The van der Waals surface area contributed by atoms with Crippen molar-refractivity contribution >= 4 is 34.9 Å². The maximum atomic E-state index is 14.8. The van der Waals surface area contributed by atoms with Crippen LogP contribution in [0.25, 0.3) is 5.69 Å². The Kier molecular flexibility index (Phi) is 6.94. The third-order valence-electron chi connectivity index (χ3n) is 5.81. The third-order valence-corrected chi connectivity index (χ3v) is 6.06. The van der Waals surface area contributed by atoms with E-state index in [9.17, 15) is 23.6 Å². The Morgan fingerprint density at radius 1 is 1.05 bits per heavy atom. The topological polar surface area (TPSA) is 137 Å². The fourth-order valence-electron chi connectivity index (χ4n) is 3.56. The molecule has 0 bridgehead atoms. The lowest BCUT2D eigenvalue weighted by Gasteiger charge is -2.11. The fraction of sp³-hybridized carbons (Fsp3) is 0.154. The number of carbonyl (C=O) groups excluding carboxylic acids is 2. The fourth-order valence-corrected chi connectivity index (χ4v) is 3.69. The van der Waals surface area contributed by atoms with E-state index in [0.717, 1.165) is 28.2 Å². The third kappa shape index (κ3) is 5.70. The van der Waals surface area contributed by atoms with E-state index in [0.29, 0.717) is 5.02 Å². The number of nitrogens with zero attached hydrogens (tertiary/aromatic N) is 4. The first-order valence-electron chi connectivity index (χ1n) is 11.7. The molecule has 11 nitrogen and oxygen atoms in total. The normalized spacial score (nSPS) is 12.6. The molecular formula is C26H20ClFN6O5. The van der Waals surface area contributed by atoms with Gasteiger partial charge in [-0.05, 0) is 55.3 Å². The van der Waals surface area contributed by atoms with Gasteiger partial charge in [0, 0.05) is 42.0 Å². The van der Waals surface area contributed by atoms with E-state index in [-0.39, 0.29) is 40.5 Å². The molecule has 0 atom stereocenters. The first-order chi connectivity index (χ1) is 18.7. The second-order valence-electron chi connectivity index (χ2n) is 8.73. The molecule has 13 heteroatoms. The SMILES string of the molecule is Cn1c(=O)c(C(=O)Nc2ccc(Oc3ccnc(NC(=O)C4CC4)c3)c(F)c2)nn(-c2ccc(Cl)cc2)c1=O. The second-order valence-corrected chi connectivity index (χ2v) is 9.16. The molecule has 0 radical (unpaired) electrons. The first-order valence-corrected chi connectivity index (χ1v) is 12.1. The van der Waals surface area contributed by atoms with E-state index in [1.165, 1.54) is 61.8 Å². The summed E-state index contributed by atoms with van der Waals surface area (Å²) < 4.78 is 22.0. The van der Waals surface area contributed by atoms with Crippen molar-refractivity contribution in [1.82, 2.24) is 19.3 Å².